The van der Waals surface area contributed by atoms with E-state index in [9.17, 15) is 4.79 Å². The molecule has 1 aromatic rings. The monoisotopic (exact) mass is 269 g/mol. The van der Waals surface area contributed by atoms with Crippen LogP contribution in [0.1, 0.15) is 20.8 Å². The van der Waals surface area contributed by atoms with E-state index in [2.05, 4.69) is 0 Å². The SMILES string of the molecule is COc1ccc(SCC(=O)OC(C)(C)C)c(N)c1. The van der Waals surface area contributed by atoms with Gasteiger partial charge in [0.1, 0.15) is 11.4 Å². The van der Waals surface area contributed by atoms with E-state index in [0.29, 0.717) is 11.4 Å². The van der Waals surface area contributed by atoms with Gasteiger partial charge in [-0.3, -0.25) is 4.79 Å². The van der Waals surface area contributed by atoms with Crippen LogP contribution in [-0.2, 0) is 9.53 Å². The van der Waals surface area contributed by atoms with Crippen LogP contribution in [0.3, 0.4) is 0 Å². The second kappa shape index (κ2) is 6.00. The largest absolute Gasteiger partial charge is 0.497 e. The van der Waals surface area contributed by atoms with E-state index >= 15 is 0 Å². The predicted octanol–water partition coefficient (Wildman–Crippen LogP) is 2.71. The van der Waals surface area contributed by atoms with Crippen LogP contribution in [0.5, 0.6) is 5.75 Å². The van der Waals surface area contributed by atoms with Crippen molar-refractivity contribution in [3.63, 3.8) is 0 Å². The van der Waals surface area contributed by atoms with Crippen molar-refractivity contribution in [3.8, 4) is 5.75 Å². The molecule has 5 heteroatoms. The molecule has 0 spiro atoms. The van der Waals surface area contributed by atoms with Crippen LogP contribution in [0.25, 0.3) is 0 Å². The van der Waals surface area contributed by atoms with E-state index in [1.807, 2.05) is 32.9 Å². The Morgan fingerprint density at radius 1 is 1.39 bits per heavy atom. The average Bonchev–Trinajstić information content (AvgIpc) is 2.25. The number of hydrogen-bond donors (Lipinski definition) is 1. The molecular formula is C13H19NO3S. The minimum atomic E-state index is -0.455. The number of rotatable bonds is 4. The molecule has 0 aliphatic carbocycles. The Morgan fingerprint density at radius 2 is 2.06 bits per heavy atom. The minimum Gasteiger partial charge on any atom is -0.497 e. The number of carbonyl (C=O) groups is 1. The van der Waals surface area contributed by atoms with E-state index in [1.54, 1.807) is 13.2 Å². The lowest BCUT2D eigenvalue weighted by molar-refractivity contribution is -0.151. The second-order valence-electron chi connectivity index (χ2n) is 4.78. The van der Waals surface area contributed by atoms with Crippen LogP contribution >= 0.6 is 11.8 Å². The Balaban J connectivity index is 2.56. The van der Waals surface area contributed by atoms with Crippen LogP contribution in [0.15, 0.2) is 23.1 Å². The van der Waals surface area contributed by atoms with Gasteiger partial charge in [-0.1, -0.05) is 0 Å². The van der Waals surface area contributed by atoms with Crippen LogP contribution in [0.4, 0.5) is 5.69 Å². The van der Waals surface area contributed by atoms with Crippen LogP contribution in [0, 0.1) is 0 Å². The number of hydrogen-bond acceptors (Lipinski definition) is 5. The third-order valence-electron chi connectivity index (χ3n) is 1.98. The Morgan fingerprint density at radius 3 is 2.56 bits per heavy atom. The lowest BCUT2D eigenvalue weighted by Gasteiger charge is -2.19. The molecule has 0 aliphatic rings. The normalized spacial score (nSPS) is 11.1. The molecule has 0 saturated carbocycles. The van der Waals surface area contributed by atoms with E-state index in [0.717, 1.165) is 4.90 Å². The maximum Gasteiger partial charge on any atom is 0.316 e. The van der Waals surface area contributed by atoms with Gasteiger partial charge in [0, 0.05) is 16.6 Å². The summed E-state index contributed by atoms with van der Waals surface area (Å²) in [7, 11) is 1.59. The van der Waals surface area contributed by atoms with Crippen LogP contribution < -0.4 is 10.5 Å². The number of esters is 1. The van der Waals surface area contributed by atoms with E-state index in [1.165, 1.54) is 11.8 Å². The number of carbonyl (C=O) groups excluding carboxylic acids is 1. The number of thioether (sulfide) groups is 1. The maximum absolute atomic E-state index is 11.6. The lowest BCUT2D eigenvalue weighted by Crippen LogP contribution is -2.24. The summed E-state index contributed by atoms with van der Waals surface area (Å²) >= 11 is 1.36. The number of anilines is 1. The van der Waals surface area contributed by atoms with Crippen molar-refractivity contribution in [2.45, 2.75) is 31.3 Å². The second-order valence-corrected chi connectivity index (χ2v) is 5.80. The van der Waals surface area contributed by atoms with Gasteiger partial charge in [0.05, 0.1) is 12.9 Å². The molecule has 18 heavy (non-hydrogen) atoms. The first-order valence-electron chi connectivity index (χ1n) is 5.60. The minimum absolute atomic E-state index is 0.244. The van der Waals surface area contributed by atoms with Gasteiger partial charge < -0.3 is 15.2 Å². The first kappa shape index (κ1) is 14.7. The molecule has 0 radical (unpaired) electrons. The quantitative estimate of drug-likeness (QED) is 0.517. The molecule has 0 unspecified atom stereocenters. The van der Waals surface area contributed by atoms with Gasteiger partial charge in [-0.25, -0.2) is 0 Å². The fourth-order valence-corrected chi connectivity index (χ4v) is 2.01. The molecule has 0 heterocycles. The topological polar surface area (TPSA) is 61.5 Å². The maximum atomic E-state index is 11.6. The smallest absolute Gasteiger partial charge is 0.316 e. The Kier molecular flexibility index (Phi) is 4.90. The molecule has 2 N–H and O–H groups in total. The van der Waals surface area contributed by atoms with Crippen molar-refractivity contribution >= 4 is 23.4 Å². The average molecular weight is 269 g/mol. The molecular weight excluding hydrogens is 250 g/mol. The fraction of sp³-hybridized carbons (Fsp3) is 0.462. The summed E-state index contributed by atoms with van der Waals surface area (Å²) in [6.07, 6.45) is 0. The van der Waals surface area contributed by atoms with Gasteiger partial charge in [-0.05, 0) is 32.9 Å². The first-order chi connectivity index (χ1) is 8.31. The van der Waals surface area contributed by atoms with Crippen molar-refractivity contribution < 1.29 is 14.3 Å². The highest BCUT2D eigenvalue weighted by Gasteiger charge is 2.16. The van der Waals surface area contributed by atoms with E-state index in [4.69, 9.17) is 15.2 Å². The van der Waals surface area contributed by atoms with Crippen molar-refractivity contribution in [3.05, 3.63) is 18.2 Å². The van der Waals surface area contributed by atoms with Crippen molar-refractivity contribution in [2.75, 3.05) is 18.6 Å². The van der Waals surface area contributed by atoms with E-state index in [-0.39, 0.29) is 11.7 Å². The zero-order chi connectivity index (χ0) is 13.8. The fourth-order valence-electron chi connectivity index (χ4n) is 1.29. The molecule has 1 aromatic carbocycles. The van der Waals surface area contributed by atoms with E-state index < -0.39 is 5.60 Å². The Labute approximate surface area is 112 Å². The zero-order valence-corrected chi connectivity index (χ0v) is 12.0. The zero-order valence-electron chi connectivity index (χ0n) is 11.1. The van der Waals surface area contributed by atoms with Gasteiger partial charge in [-0.2, -0.15) is 0 Å². The van der Waals surface area contributed by atoms with Crippen LogP contribution in [-0.4, -0.2) is 24.4 Å². The van der Waals surface area contributed by atoms with Gasteiger partial charge >= 0.3 is 5.97 Å². The molecule has 0 atom stereocenters. The summed E-state index contributed by atoms with van der Waals surface area (Å²) in [6, 6.07) is 5.38. The highest BCUT2D eigenvalue weighted by Crippen LogP contribution is 2.28. The number of ether oxygens (including phenoxy) is 2. The molecule has 100 valence electrons. The van der Waals surface area contributed by atoms with Crippen molar-refractivity contribution in [1.29, 1.82) is 0 Å². The molecule has 0 fully saturated rings. The number of nitrogens with two attached hydrogens (primary N) is 1. The van der Waals surface area contributed by atoms with Gasteiger partial charge in [-0.15, -0.1) is 11.8 Å². The van der Waals surface area contributed by atoms with Gasteiger partial charge in [0.15, 0.2) is 0 Å². The molecule has 0 amide bonds. The molecule has 0 aromatic heterocycles. The predicted molar refractivity (Wildman–Crippen MR) is 74.0 cm³/mol. The van der Waals surface area contributed by atoms with Crippen molar-refractivity contribution in [2.24, 2.45) is 0 Å². The molecule has 4 nitrogen and oxygen atoms in total. The summed E-state index contributed by atoms with van der Waals surface area (Å²) in [6.45, 7) is 5.53. The Bertz CT molecular complexity index is 427. The number of methoxy groups -OCH3 is 1. The lowest BCUT2D eigenvalue weighted by atomic mass is 10.2. The molecule has 0 aliphatic heterocycles. The molecule has 0 saturated heterocycles. The van der Waals surface area contributed by atoms with Gasteiger partial charge in [0.2, 0.25) is 0 Å². The summed E-state index contributed by atoms with van der Waals surface area (Å²) in [5.74, 6) is 0.699. The summed E-state index contributed by atoms with van der Waals surface area (Å²) in [5, 5.41) is 0. The molecule has 1 rings (SSSR count). The highest BCUT2D eigenvalue weighted by atomic mass is 32.2. The first-order valence-corrected chi connectivity index (χ1v) is 6.58. The standard InChI is InChI=1S/C13H19NO3S/c1-13(2,3)17-12(15)8-18-11-6-5-9(16-4)7-10(11)14/h5-7H,8,14H2,1-4H3. The Hall–Kier alpha value is -1.36. The highest BCUT2D eigenvalue weighted by molar-refractivity contribution is 8.00. The summed E-state index contributed by atoms with van der Waals surface area (Å²) in [4.78, 5) is 12.4. The third kappa shape index (κ3) is 4.87. The van der Waals surface area contributed by atoms with Crippen molar-refractivity contribution in [1.82, 2.24) is 0 Å². The van der Waals surface area contributed by atoms with Gasteiger partial charge in [0.25, 0.3) is 0 Å². The third-order valence-corrected chi connectivity index (χ3v) is 3.05. The number of nitrogen functional groups attached to an aromatic ring is 1. The van der Waals surface area contributed by atoms with Crippen LogP contribution in [0.2, 0.25) is 0 Å². The number of benzene rings is 1. The summed E-state index contributed by atoms with van der Waals surface area (Å²) < 4.78 is 10.3. The summed E-state index contributed by atoms with van der Waals surface area (Å²) in [5.41, 5.74) is 6.00. The molecule has 0 bridgehead atoms.